The maximum Gasteiger partial charge on any atom is 0.416 e. The lowest BCUT2D eigenvalue weighted by atomic mass is 9.91. The highest BCUT2D eigenvalue weighted by Gasteiger charge is 2.32. The number of hydrogen-bond acceptors (Lipinski definition) is 1. The van der Waals surface area contributed by atoms with Crippen LogP contribution >= 0.6 is 0 Å². The molecule has 0 heterocycles. The summed E-state index contributed by atoms with van der Waals surface area (Å²) >= 11 is 0. The molecule has 1 nitrogen and oxygen atoms in total. The predicted molar refractivity (Wildman–Crippen MR) is 60.3 cm³/mol. The van der Waals surface area contributed by atoms with E-state index in [9.17, 15) is 17.6 Å². The van der Waals surface area contributed by atoms with Crippen molar-refractivity contribution in [3.05, 3.63) is 35.1 Å². The van der Waals surface area contributed by atoms with Gasteiger partial charge in [-0.2, -0.15) is 13.2 Å². The van der Waals surface area contributed by atoms with Crippen molar-refractivity contribution >= 4 is 0 Å². The Morgan fingerprint density at radius 3 is 2.28 bits per heavy atom. The molecule has 0 spiro atoms. The highest BCUT2D eigenvalue weighted by Crippen LogP contribution is 2.37. The second-order valence-electron chi connectivity index (χ2n) is 4.84. The Morgan fingerprint density at radius 1 is 1.11 bits per heavy atom. The van der Waals surface area contributed by atoms with Gasteiger partial charge >= 0.3 is 6.18 Å². The van der Waals surface area contributed by atoms with Crippen molar-refractivity contribution in [1.29, 1.82) is 0 Å². The molecule has 0 saturated heterocycles. The average molecular weight is 261 g/mol. The van der Waals surface area contributed by atoms with E-state index in [4.69, 9.17) is 5.73 Å². The third-order valence-electron chi connectivity index (χ3n) is 3.54. The van der Waals surface area contributed by atoms with Crippen molar-refractivity contribution in [1.82, 2.24) is 0 Å². The van der Waals surface area contributed by atoms with Crippen LogP contribution in [0.3, 0.4) is 0 Å². The minimum absolute atomic E-state index is 0.160. The quantitative estimate of drug-likeness (QED) is 0.799. The predicted octanol–water partition coefficient (Wildman–Crippen LogP) is 4.03. The smallest absolute Gasteiger partial charge is 0.324 e. The first-order valence-electron chi connectivity index (χ1n) is 6.01. The van der Waals surface area contributed by atoms with Crippen molar-refractivity contribution in [3.63, 3.8) is 0 Å². The molecule has 1 fully saturated rings. The molecule has 0 radical (unpaired) electrons. The summed E-state index contributed by atoms with van der Waals surface area (Å²) < 4.78 is 51.0. The first-order valence-corrected chi connectivity index (χ1v) is 6.01. The molecule has 1 saturated carbocycles. The topological polar surface area (TPSA) is 26.0 Å². The Labute approximate surface area is 103 Å². The van der Waals surface area contributed by atoms with Gasteiger partial charge in [-0.3, -0.25) is 0 Å². The average Bonchev–Trinajstić information content (AvgIpc) is 2.79. The third kappa shape index (κ3) is 2.83. The van der Waals surface area contributed by atoms with Crippen LogP contribution in [0.4, 0.5) is 17.6 Å². The van der Waals surface area contributed by atoms with Gasteiger partial charge in [-0.05, 0) is 42.5 Å². The summed E-state index contributed by atoms with van der Waals surface area (Å²) in [6, 6.07) is 2.07. The van der Waals surface area contributed by atoms with Gasteiger partial charge in [0.1, 0.15) is 5.82 Å². The van der Waals surface area contributed by atoms with Gasteiger partial charge in [0.05, 0.1) is 5.56 Å². The van der Waals surface area contributed by atoms with Crippen LogP contribution < -0.4 is 5.73 Å². The van der Waals surface area contributed by atoms with E-state index in [-0.39, 0.29) is 11.5 Å². The fourth-order valence-electron chi connectivity index (χ4n) is 2.56. The highest BCUT2D eigenvalue weighted by molar-refractivity contribution is 5.29. The van der Waals surface area contributed by atoms with Crippen LogP contribution in [0.25, 0.3) is 0 Å². The fraction of sp³-hybridized carbons (Fsp3) is 0.538. The molecule has 1 aliphatic carbocycles. The van der Waals surface area contributed by atoms with E-state index in [1.807, 2.05) is 0 Å². The van der Waals surface area contributed by atoms with Crippen LogP contribution in [0.2, 0.25) is 0 Å². The van der Waals surface area contributed by atoms with Gasteiger partial charge in [0, 0.05) is 6.04 Å². The third-order valence-corrected chi connectivity index (χ3v) is 3.54. The Kier molecular flexibility index (Phi) is 3.61. The summed E-state index contributed by atoms with van der Waals surface area (Å²) in [5, 5.41) is 0. The van der Waals surface area contributed by atoms with Crippen molar-refractivity contribution in [2.24, 2.45) is 11.7 Å². The zero-order valence-corrected chi connectivity index (χ0v) is 9.80. The van der Waals surface area contributed by atoms with Crippen molar-refractivity contribution in [2.75, 3.05) is 0 Å². The largest absolute Gasteiger partial charge is 0.416 e. The monoisotopic (exact) mass is 261 g/mol. The van der Waals surface area contributed by atoms with Crippen molar-refractivity contribution < 1.29 is 17.6 Å². The van der Waals surface area contributed by atoms with Crippen molar-refractivity contribution in [2.45, 2.75) is 37.9 Å². The number of nitrogens with two attached hydrogens (primary N) is 1. The van der Waals surface area contributed by atoms with Crippen LogP contribution in [0.1, 0.15) is 42.9 Å². The van der Waals surface area contributed by atoms with E-state index < -0.39 is 23.6 Å². The summed E-state index contributed by atoms with van der Waals surface area (Å²) in [5.74, 6) is -0.721. The molecule has 1 aliphatic rings. The van der Waals surface area contributed by atoms with E-state index in [0.29, 0.717) is 6.07 Å². The molecular weight excluding hydrogens is 246 g/mol. The lowest BCUT2D eigenvalue weighted by Crippen LogP contribution is -2.20. The zero-order valence-electron chi connectivity index (χ0n) is 9.80. The molecule has 2 rings (SSSR count). The second kappa shape index (κ2) is 4.88. The summed E-state index contributed by atoms with van der Waals surface area (Å²) in [7, 11) is 0. The SMILES string of the molecule is N[C@@H](c1cc(F)cc(C(F)(F)F)c1)C1CCCC1. The molecular formula is C13H15F4N. The lowest BCUT2D eigenvalue weighted by Gasteiger charge is -2.20. The minimum Gasteiger partial charge on any atom is -0.324 e. The van der Waals surface area contributed by atoms with Gasteiger partial charge in [0.25, 0.3) is 0 Å². The summed E-state index contributed by atoms with van der Waals surface area (Å²) in [6.45, 7) is 0. The maximum absolute atomic E-state index is 13.2. The van der Waals surface area contributed by atoms with Crippen LogP contribution in [0.15, 0.2) is 18.2 Å². The van der Waals surface area contributed by atoms with Gasteiger partial charge < -0.3 is 5.73 Å². The summed E-state index contributed by atoms with van der Waals surface area (Å²) in [4.78, 5) is 0. The molecule has 0 aromatic heterocycles. The number of benzene rings is 1. The number of rotatable bonds is 2. The van der Waals surface area contributed by atoms with E-state index in [0.717, 1.165) is 37.8 Å². The Bertz CT molecular complexity index is 421. The van der Waals surface area contributed by atoms with Crippen LogP contribution in [0.5, 0.6) is 0 Å². The van der Waals surface area contributed by atoms with Crippen LogP contribution in [0, 0.1) is 11.7 Å². The minimum atomic E-state index is -4.54. The number of alkyl halides is 3. The molecule has 1 aromatic carbocycles. The molecule has 0 aliphatic heterocycles. The highest BCUT2D eigenvalue weighted by atomic mass is 19.4. The van der Waals surface area contributed by atoms with Gasteiger partial charge in [-0.25, -0.2) is 4.39 Å². The van der Waals surface area contributed by atoms with E-state index in [2.05, 4.69) is 0 Å². The standard InChI is InChI=1S/C13H15F4N/c14-11-6-9(5-10(7-11)13(15,16)17)12(18)8-3-1-2-4-8/h5-8,12H,1-4,18H2/t12-/m1/s1. The molecule has 1 atom stereocenters. The fourth-order valence-corrected chi connectivity index (χ4v) is 2.56. The Morgan fingerprint density at radius 2 is 1.72 bits per heavy atom. The van der Waals surface area contributed by atoms with Gasteiger partial charge in [-0.15, -0.1) is 0 Å². The number of hydrogen-bond donors (Lipinski definition) is 1. The van der Waals surface area contributed by atoms with Gasteiger partial charge in [0.15, 0.2) is 0 Å². The Hall–Kier alpha value is -1.10. The molecule has 5 heteroatoms. The maximum atomic E-state index is 13.2. The molecule has 18 heavy (non-hydrogen) atoms. The Balaban J connectivity index is 2.29. The van der Waals surface area contributed by atoms with E-state index in [1.54, 1.807) is 0 Å². The van der Waals surface area contributed by atoms with E-state index >= 15 is 0 Å². The van der Waals surface area contributed by atoms with Gasteiger partial charge in [0.2, 0.25) is 0 Å². The molecule has 0 bridgehead atoms. The van der Waals surface area contributed by atoms with Crippen LogP contribution in [-0.4, -0.2) is 0 Å². The van der Waals surface area contributed by atoms with Crippen molar-refractivity contribution in [3.8, 4) is 0 Å². The molecule has 0 unspecified atom stereocenters. The molecule has 0 amide bonds. The first-order chi connectivity index (χ1) is 8.38. The van der Waals surface area contributed by atoms with Crippen LogP contribution in [-0.2, 0) is 6.18 Å². The summed E-state index contributed by atoms with van der Waals surface area (Å²) in [6.07, 6.45) is -0.649. The van der Waals surface area contributed by atoms with Gasteiger partial charge in [-0.1, -0.05) is 12.8 Å². The zero-order chi connectivity index (χ0) is 13.3. The molecule has 100 valence electrons. The van der Waals surface area contributed by atoms with E-state index in [1.165, 1.54) is 0 Å². The lowest BCUT2D eigenvalue weighted by molar-refractivity contribution is -0.137. The second-order valence-corrected chi connectivity index (χ2v) is 4.84. The normalized spacial score (nSPS) is 19.2. The number of halogens is 4. The molecule has 2 N–H and O–H groups in total. The first kappa shape index (κ1) is 13.3. The summed E-state index contributed by atoms with van der Waals surface area (Å²) in [5.41, 5.74) is 5.23. The molecule has 1 aromatic rings.